The Morgan fingerprint density at radius 1 is 0.852 bits per heavy atom. The molecule has 2 nitrogen and oxygen atoms in total. The molecule has 1 aliphatic carbocycles. The molecule has 0 unspecified atom stereocenters. The van der Waals surface area contributed by atoms with Crippen LogP contribution in [0.5, 0.6) is 0 Å². The van der Waals surface area contributed by atoms with Crippen molar-refractivity contribution in [3.8, 4) is 21.1 Å². The summed E-state index contributed by atoms with van der Waals surface area (Å²) < 4.78 is 5.11. The third-order valence-electron chi connectivity index (χ3n) is 4.78. The summed E-state index contributed by atoms with van der Waals surface area (Å²) in [5.41, 5.74) is 5.30. The van der Waals surface area contributed by atoms with Gasteiger partial charge in [0.1, 0.15) is 0 Å². The van der Waals surface area contributed by atoms with Crippen LogP contribution in [-0.2, 0) is 0 Å². The van der Waals surface area contributed by atoms with E-state index in [0.29, 0.717) is 14.5 Å². The van der Waals surface area contributed by atoms with Gasteiger partial charge in [-0.05, 0) is 0 Å². The molecule has 0 spiro atoms. The number of hydrogen-bond donors (Lipinski definition) is 0. The van der Waals surface area contributed by atoms with Crippen molar-refractivity contribution in [1.82, 2.24) is 4.58 Å². The molecule has 0 radical (unpaired) electrons. The van der Waals surface area contributed by atoms with Crippen molar-refractivity contribution in [3.63, 3.8) is 0 Å². The molecule has 138 valence electrons. The molecule has 0 aromatic heterocycles. The van der Waals surface area contributed by atoms with Crippen LogP contribution in [0.3, 0.4) is 0 Å². The first kappa shape index (κ1) is 19.9. The van der Waals surface area contributed by atoms with Gasteiger partial charge in [-0.3, -0.25) is 0 Å². The Morgan fingerprint density at radius 2 is 1.59 bits per heavy atom. The van der Waals surface area contributed by atoms with Gasteiger partial charge in [0.2, 0.25) is 0 Å². The van der Waals surface area contributed by atoms with Crippen molar-refractivity contribution in [2.24, 2.45) is 0 Å². The van der Waals surface area contributed by atoms with E-state index in [2.05, 4.69) is 104 Å². The number of anilines is 1. The minimum atomic E-state index is 0. The average Bonchev–Trinajstić information content (AvgIpc) is 2.65. The molecule has 0 N–H and O–H groups in total. The third kappa shape index (κ3) is 3.75. The summed E-state index contributed by atoms with van der Waals surface area (Å²) in [6, 6.07) is 24.6. The van der Waals surface area contributed by atoms with E-state index in [-0.39, 0.29) is 17.0 Å². The second-order valence-corrected chi connectivity index (χ2v) is 9.27. The van der Waals surface area contributed by atoms with E-state index in [4.69, 9.17) is 0 Å². The minimum absolute atomic E-state index is 0. The zero-order chi connectivity index (χ0) is 18.3. The average molecular weight is 486 g/mol. The molecule has 1 aliphatic heterocycles. The Morgan fingerprint density at radius 3 is 2.26 bits per heavy atom. The van der Waals surface area contributed by atoms with Crippen LogP contribution in [0.15, 0.2) is 66.7 Å². The van der Waals surface area contributed by atoms with Crippen LogP contribution in [0.1, 0.15) is 0 Å². The molecular weight excluding hydrogens is 463 g/mol. The molecule has 0 fully saturated rings. The van der Waals surface area contributed by atoms with E-state index in [1.165, 1.54) is 41.8 Å². The zero-order valence-corrected chi connectivity index (χ0v) is 19.3. The first-order valence-electron chi connectivity index (χ1n) is 8.78. The van der Waals surface area contributed by atoms with Crippen LogP contribution in [0.25, 0.3) is 30.8 Å². The Kier molecular flexibility index (Phi) is 5.90. The molecule has 0 bridgehead atoms. The summed E-state index contributed by atoms with van der Waals surface area (Å²) in [5.74, 6) is 0. The summed E-state index contributed by atoms with van der Waals surface area (Å²) in [7, 11) is 8.43. The molecule has 1 heterocycles. The number of fused-ring (bicyclic) bond motifs is 2. The number of benzene rings is 3. The predicted octanol–water partition coefficient (Wildman–Crippen LogP) is 0.770. The maximum absolute atomic E-state index is 2.36. The van der Waals surface area contributed by atoms with Crippen molar-refractivity contribution in [1.29, 1.82) is 0 Å². The number of halogens is 1. The first-order valence-corrected chi connectivity index (χ1v) is 10.5. The Bertz CT molecular complexity index is 1130. The molecule has 0 amide bonds. The van der Waals surface area contributed by atoms with Gasteiger partial charge in [-0.2, -0.15) is 0 Å². The largest absolute Gasteiger partial charge is 1.00 e. The summed E-state index contributed by atoms with van der Waals surface area (Å²) >= 11 is 0.307. The van der Waals surface area contributed by atoms with Gasteiger partial charge < -0.3 is 17.0 Å². The summed E-state index contributed by atoms with van der Waals surface area (Å²) in [6.45, 7) is 0. The van der Waals surface area contributed by atoms with Crippen LogP contribution in [0.2, 0.25) is 0 Å². The van der Waals surface area contributed by atoms with E-state index < -0.39 is 0 Å². The maximum atomic E-state index is 2.36. The van der Waals surface area contributed by atoms with Crippen molar-refractivity contribution >= 4 is 29.8 Å². The van der Waals surface area contributed by atoms with E-state index in [9.17, 15) is 0 Å². The van der Waals surface area contributed by atoms with Gasteiger partial charge in [0.05, 0.1) is 0 Å². The smallest absolute Gasteiger partial charge is 1.00 e. The van der Waals surface area contributed by atoms with Gasteiger partial charge in [0.25, 0.3) is 0 Å². The van der Waals surface area contributed by atoms with Gasteiger partial charge in [-0.25, -0.2) is 0 Å². The SMILES string of the molecule is CN(C)c1ccc2c(-c3ccccc3)c3ccc(=[N+](C)C)cc-3[se]c2c1.[Br-]. The normalized spacial score (nSPS) is 10.7. The van der Waals surface area contributed by atoms with Gasteiger partial charge in [0, 0.05) is 0 Å². The number of nitrogens with zero attached hydrogens (tertiary/aromatic N) is 2. The summed E-state index contributed by atoms with van der Waals surface area (Å²) in [5, 5.41) is 2.65. The Labute approximate surface area is 177 Å². The summed E-state index contributed by atoms with van der Waals surface area (Å²) in [6.07, 6.45) is 0. The number of hydrogen-bond acceptors (Lipinski definition) is 1. The quantitative estimate of drug-likeness (QED) is 0.231. The molecule has 2 aromatic carbocycles. The molecule has 0 saturated carbocycles. The fourth-order valence-corrected chi connectivity index (χ4v) is 5.77. The van der Waals surface area contributed by atoms with Crippen molar-refractivity contribution < 1.29 is 17.0 Å². The topological polar surface area (TPSA) is 6.25 Å². The van der Waals surface area contributed by atoms with Crippen molar-refractivity contribution in [2.45, 2.75) is 0 Å². The first-order chi connectivity index (χ1) is 12.5. The second-order valence-electron chi connectivity index (χ2n) is 6.99. The molecule has 4 rings (SSSR count). The van der Waals surface area contributed by atoms with E-state index in [1.54, 1.807) is 0 Å². The Hall–Kier alpha value is -1.87. The van der Waals surface area contributed by atoms with E-state index >= 15 is 0 Å². The van der Waals surface area contributed by atoms with Gasteiger partial charge in [-0.15, -0.1) is 0 Å². The fourth-order valence-electron chi connectivity index (χ4n) is 3.34. The van der Waals surface area contributed by atoms with Crippen molar-refractivity contribution in [2.75, 3.05) is 33.1 Å². The Balaban J connectivity index is 0.00000210. The maximum Gasteiger partial charge on any atom is -1.00 e. The molecule has 2 aromatic rings. The van der Waals surface area contributed by atoms with Crippen molar-refractivity contribution in [3.05, 3.63) is 72.1 Å². The van der Waals surface area contributed by atoms with Crippen LogP contribution in [0, 0.1) is 0 Å². The van der Waals surface area contributed by atoms with Gasteiger partial charge in [0.15, 0.2) is 0 Å². The van der Waals surface area contributed by atoms with Crippen LogP contribution < -0.4 is 31.8 Å². The fraction of sp³-hybridized carbons (Fsp3) is 0.174. The predicted molar refractivity (Wildman–Crippen MR) is 114 cm³/mol. The molecule has 4 heteroatoms. The molecule has 0 saturated heterocycles. The summed E-state index contributed by atoms with van der Waals surface area (Å²) in [4.78, 5) is 2.18. The molecule has 0 atom stereocenters. The number of rotatable bonds is 2. The van der Waals surface area contributed by atoms with Crippen LogP contribution in [-0.4, -0.2) is 42.7 Å². The minimum Gasteiger partial charge on any atom is -1.00 e. The van der Waals surface area contributed by atoms with Gasteiger partial charge >= 0.3 is 161 Å². The standard InChI is InChI=1S/C23H23N2Se.BrH/c1-24(2)17-10-12-19-21(14-17)26-22-15-18(25(3)4)11-13-20(22)23(19)16-8-6-5-7-9-16;/h5-15H,1-4H3;1H/q+1;/p-1. The molecule has 27 heavy (non-hydrogen) atoms. The van der Waals surface area contributed by atoms with E-state index in [0.717, 1.165) is 0 Å². The third-order valence-corrected chi connectivity index (χ3v) is 7.12. The second kappa shape index (κ2) is 8.02. The van der Waals surface area contributed by atoms with Crippen LogP contribution >= 0.6 is 0 Å². The molecule has 2 aliphatic rings. The van der Waals surface area contributed by atoms with E-state index in [1.807, 2.05) is 0 Å². The van der Waals surface area contributed by atoms with Gasteiger partial charge in [-0.1, -0.05) is 0 Å². The van der Waals surface area contributed by atoms with Crippen LogP contribution in [0.4, 0.5) is 5.69 Å². The monoisotopic (exact) mass is 486 g/mol. The zero-order valence-electron chi connectivity index (χ0n) is 16.0. The molecular formula is C23H23BrN2Se.